The summed E-state index contributed by atoms with van der Waals surface area (Å²) >= 11 is 3.54. The number of halogens is 3. The fraction of sp³-hybridized carbons (Fsp3) is 0.348. The van der Waals surface area contributed by atoms with Crippen molar-refractivity contribution in [2.45, 2.75) is 38.0 Å². The van der Waals surface area contributed by atoms with Gasteiger partial charge in [0.1, 0.15) is 17.5 Å². The summed E-state index contributed by atoms with van der Waals surface area (Å²) < 4.78 is 36.3. The minimum Gasteiger partial charge on any atom is -0.477 e. The Morgan fingerprint density at radius 2 is 2.03 bits per heavy atom. The third kappa shape index (κ3) is 4.31. The number of alkyl halides is 1. The first-order valence-electron chi connectivity index (χ1n) is 10.6. The molecule has 0 radical (unpaired) electrons. The monoisotopic (exact) mass is 501 g/mol. The number of rotatable bonds is 7. The zero-order valence-electron chi connectivity index (χ0n) is 17.3. The first kappa shape index (κ1) is 21.2. The van der Waals surface area contributed by atoms with Gasteiger partial charge in [-0.05, 0) is 43.5 Å². The number of unbranched alkanes of at least 4 members (excludes halogenated alkanes) is 1. The molecule has 0 bridgehead atoms. The van der Waals surface area contributed by atoms with Gasteiger partial charge in [0.25, 0.3) is 0 Å². The first-order chi connectivity index (χ1) is 15.6. The molecule has 0 unspecified atom stereocenters. The number of nitrogens with zero attached hydrogens (tertiary/aromatic N) is 4. The molecule has 2 atom stereocenters. The number of nitrogens with one attached hydrogen (secondary N) is 1. The lowest BCUT2D eigenvalue weighted by molar-refractivity contribution is 0.285. The van der Waals surface area contributed by atoms with E-state index in [1.54, 1.807) is 6.20 Å². The Hall–Kier alpha value is -2.65. The molecule has 1 saturated heterocycles. The topological polar surface area (TPSA) is 64.9 Å². The van der Waals surface area contributed by atoms with Crippen molar-refractivity contribution in [3.05, 3.63) is 58.8 Å². The lowest BCUT2D eigenvalue weighted by atomic mass is 10.1. The number of pyridine rings is 2. The molecular weight excluding hydrogens is 480 g/mol. The van der Waals surface area contributed by atoms with Crippen LogP contribution in [0.15, 0.2) is 47.5 Å². The average Bonchev–Trinajstić information content (AvgIpc) is 3.40. The van der Waals surface area contributed by atoms with Crippen molar-refractivity contribution < 1.29 is 13.5 Å². The van der Waals surface area contributed by atoms with E-state index in [2.05, 4.69) is 46.8 Å². The molecule has 32 heavy (non-hydrogen) atoms. The summed E-state index contributed by atoms with van der Waals surface area (Å²) in [5.41, 5.74) is 3.43. The molecule has 0 spiro atoms. The van der Waals surface area contributed by atoms with E-state index in [0.717, 1.165) is 52.0 Å². The van der Waals surface area contributed by atoms with Crippen molar-refractivity contribution >= 4 is 37.9 Å². The molecule has 6 nitrogen and oxygen atoms in total. The lowest BCUT2D eigenvalue weighted by Gasteiger charge is -2.15. The maximum Gasteiger partial charge on any atom is 0.218 e. The number of ether oxygens (including phenoxy) is 1. The molecule has 1 fully saturated rings. The highest BCUT2D eigenvalue weighted by Gasteiger charge is 2.28. The average molecular weight is 502 g/mol. The number of aromatic nitrogens is 4. The second-order valence-electron chi connectivity index (χ2n) is 7.99. The number of aryl methyl sites for hydroxylation is 1. The van der Waals surface area contributed by atoms with Gasteiger partial charge in [-0.15, -0.1) is 0 Å². The molecule has 0 saturated carbocycles. The van der Waals surface area contributed by atoms with Gasteiger partial charge in [-0.1, -0.05) is 15.9 Å². The van der Waals surface area contributed by atoms with Crippen LogP contribution in [0.5, 0.6) is 5.88 Å². The van der Waals surface area contributed by atoms with Crippen LogP contribution in [0.4, 0.5) is 8.78 Å². The minimum absolute atomic E-state index is 0.264. The Balaban J connectivity index is 1.23. The SMILES string of the molecule is Fc1cnc(OCCCCn2cnc3cnc4ccc(Br)cc4c32)c([C@H]2C[C@H](F)CN2)c1. The first-order valence-corrected chi connectivity index (χ1v) is 11.4. The van der Waals surface area contributed by atoms with Crippen LogP contribution in [0.3, 0.4) is 0 Å². The highest BCUT2D eigenvalue weighted by Crippen LogP contribution is 2.31. The molecule has 4 heterocycles. The van der Waals surface area contributed by atoms with E-state index in [4.69, 9.17) is 4.74 Å². The predicted molar refractivity (Wildman–Crippen MR) is 122 cm³/mol. The molecular formula is C23H22BrF2N5O. The zero-order chi connectivity index (χ0) is 22.1. The molecule has 1 aliphatic rings. The molecule has 1 aliphatic heterocycles. The van der Waals surface area contributed by atoms with Crippen molar-refractivity contribution in [3.63, 3.8) is 0 Å². The Morgan fingerprint density at radius 1 is 1.12 bits per heavy atom. The van der Waals surface area contributed by atoms with Crippen LogP contribution < -0.4 is 10.1 Å². The largest absolute Gasteiger partial charge is 0.477 e. The lowest BCUT2D eigenvalue weighted by Crippen LogP contribution is -2.16. The van der Waals surface area contributed by atoms with E-state index in [1.807, 2.05) is 18.5 Å². The second kappa shape index (κ2) is 9.07. The van der Waals surface area contributed by atoms with Gasteiger partial charge in [0.2, 0.25) is 5.88 Å². The van der Waals surface area contributed by atoms with Crippen molar-refractivity contribution in [2.24, 2.45) is 0 Å². The summed E-state index contributed by atoms with van der Waals surface area (Å²) in [5, 5.41) is 4.12. The van der Waals surface area contributed by atoms with E-state index >= 15 is 0 Å². The quantitative estimate of drug-likeness (QED) is 0.356. The van der Waals surface area contributed by atoms with Crippen LogP contribution >= 0.6 is 15.9 Å². The zero-order valence-corrected chi connectivity index (χ0v) is 18.9. The van der Waals surface area contributed by atoms with Crippen molar-refractivity contribution in [1.29, 1.82) is 0 Å². The fourth-order valence-corrected chi connectivity index (χ4v) is 4.55. The highest BCUT2D eigenvalue weighted by atomic mass is 79.9. The predicted octanol–water partition coefficient (Wildman–Crippen LogP) is 5.11. The Kier molecular flexibility index (Phi) is 6.01. The molecule has 5 rings (SSSR count). The maximum absolute atomic E-state index is 13.7. The molecule has 1 N–H and O–H groups in total. The van der Waals surface area contributed by atoms with Crippen LogP contribution in [0.1, 0.15) is 30.9 Å². The minimum atomic E-state index is -0.937. The van der Waals surface area contributed by atoms with E-state index < -0.39 is 12.0 Å². The summed E-state index contributed by atoms with van der Waals surface area (Å²) in [4.78, 5) is 13.1. The van der Waals surface area contributed by atoms with Gasteiger partial charge in [0, 0.05) is 34.6 Å². The number of hydrogen-bond acceptors (Lipinski definition) is 5. The van der Waals surface area contributed by atoms with Gasteiger partial charge in [-0.3, -0.25) is 4.98 Å². The van der Waals surface area contributed by atoms with Crippen LogP contribution in [0.2, 0.25) is 0 Å². The number of imidazole rings is 1. The molecule has 9 heteroatoms. The third-order valence-electron chi connectivity index (χ3n) is 5.74. The Bertz CT molecular complexity index is 1260. The van der Waals surface area contributed by atoms with E-state index in [9.17, 15) is 8.78 Å². The molecule has 166 valence electrons. The van der Waals surface area contributed by atoms with E-state index in [1.165, 1.54) is 6.07 Å². The highest BCUT2D eigenvalue weighted by molar-refractivity contribution is 9.10. The van der Waals surface area contributed by atoms with Crippen LogP contribution in [0, 0.1) is 5.82 Å². The Morgan fingerprint density at radius 3 is 2.88 bits per heavy atom. The smallest absolute Gasteiger partial charge is 0.218 e. The summed E-state index contributed by atoms with van der Waals surface area (Å²) in [6.07, 6.45) is 5.79. The molecule has 1 aromatic carbocycles. The van der Waals surface area contributed by atoms with Crippen LogP contribution in [-0.4, -0.2) is 38.8 Å². The molecule has 3 aromatic heterocycles. The van der Waals surface area contributed by atoms with Gasteiger partial charge in [0.05, 0.1) is 36.4 Å². The second-order valence-corrected chi connectivity index (χ2v) is 8.90. The number of hydrogen-bond donors (Lipinski definition) is 1. The summed E-state index contributed by atoms with van der Waals surface area (Å²) in [5.74, 6) is -0.0789. The van der Waals surface area contributed by atoms with E-state index in [-0.39, 0.29) is 12.6 Å². The van der Waals surface area contributed by atoms with Crippen LogP contribution in [-0.2, 0) is 6.54 Å². The van der Waals surface area contributed by atoms with Gasteiger partial charge < -0.3 is 14.6 Å². The summed E-state index contributed by atoms with van der Waals surface area (Å²) in [6.45, 7) is 1.49. The standard InChI is InChI=1S/C23H22BrF2N5O/c24-14-3-4-19-17(7-14)22-21(12-28-19)30-13-31(22)5-1-2-6-32-23-18(8-15(25)11-29-23)20-9-16(26)10-27-20/h3-4,7-8,11-13,16,20,27H,1-2,5-6,9-10H2/t16-,20+/m0/s1. The fourth-order valence-electron chi connectivity index (χ4n) is 4.19. The normalized spacial score (nSPS) is 18.6. The molecule has 0 amide bonds. The summed E-state index contributed by atoms with van der Waals surface area (Å²) in [7, 11) is 0. The molecule has 4 aromatic rings. The maximum atomic E-state index is 13.7. The van der Waals surface area contributed by atoms with Crippen molar-refractivity contribution in [2.75, 3.05) is 13.2 Å². The Labute approximate surface area is 192 Å². The summed E-state index contributed by atoms with van der Waals surface area (Å²) in [6, 6.07) is 7.13. The van der Waals surface area contributed by atoms with Crippen molar-refractivity contribution in [3.8, 4) is 5.88 Å². The van der Waals surface area contributed by atoms with Gasteiger partial charge in [-0.25, -0.2) is 18.7 Å². The molecule has 0 aliphatic carbocycles. The third-order valence-corrected chi connectivity index (χ3v) is 6.23. The van der Waals surface area contributed by atoms with Crippen LogP contribution in [0.25, 0.3) is 21.9 Å². The number of benzene rings is 1. The van der Waals surface area contributed by atoms with Crippen molar-refractivity contribution in [1.82, 2.24) is 24.8 Å². The van der Waals surface area contributed by atoms with Gasteiger partial charge >= 0.3 is 0 Å². The van der Waals surface area contributed by atoms with E-state index in [0.29, 0.717) is 24.5 Å². The van der Waals surface area contributed by atoms with Gasteiger partial charge in [0.15, 0.2) is 0 Å². The van der Waals surface area contributed by atoms with Gasteiger partial charge in [-0.2, -0.15) is 0 Å². The number of fused-ring (bicyclic) bond motifs is 3.